The number of phenols is 1. The summed E-state index contributed by atoms with van der Waals surface area (Å²) >= 11 is 15.8. The highest BCUT2D eigenvalue weighted by Crippen LogP contribution is 2.35. The third-order valence-electron chi connectivity index (χ3n) is 7.52. The maximum Gasteiger partial charge on any atom is 0.244 e. The van der Waals surface area contributed by atoms with Crippen molar-refractivity contribution in [2.45, 2.75) is 70.3 Å². The molecule has 45 heavy (non-hydrogen) atoms. The van der Waals surface area contributed by atoms with E-state index in [4.69, 9.17) is 32.7 Å². The first kappa shape index (κ1) is 34.6. The van der Waals surface area contributed by atoms with E-state index in [9.17, 15) is 14.7 Å². The Labute approximate surface area is 282 Å². The van der Waals surface area contributed by atoms with Gasteiger partial charge in [-0.15, -0.1) is 0 Å². The Morgan fingerprint density at radius 3 is 2.49 bits per heavy atom. The quantitative estimate of drug-likeness (QED) is 0.162. The van der Waals surface area contributed by atoms with Crippen LogP contribution in [0, 0.1) is 0 Å². The number of hydrogen-bond acceptors (Lipinski definition) is 6. The number of ether oxygens (including phenoxy) is 2. The summed E-state index contributed by atoms with van der Waals surface area (Å²) in [5.41, 5.74) is 2.05. The van der Waals surface area contributed by atoms with E-state index >= 15 is 0 Å². The highest BCUT2D eigenvalue weighted by atomic mass is 79.9. The van der Waals surface area contributed by atoms with Crippen molar-refractivity contribution in [1.29, 1.82) is 0 Å². The van der Waals surface area contributed by atoms with Crippen LogP contribution in [0.25, 0.3) is 6.08 Å². The van der Waals surface area contributed by atoms with Gasteiger partial charge in [-0.25, -0.2) is 0 Å². The van der Waals surface area contributed by atoms with Crippen molar-refractivity contribution in [2.75, 3.05) is 7.11 Å². The minimum absolute atomic E-state index is 0.0321. The predicted molar refractivity (Wildman–Crippen MR) is 182 cm³/mol. The van der Waals surface area contributed by atoms with Gasteiger partial charge in [0, 0.05) is 45.7 Å². The summed E-state index contributed by atoms with van der Waals surface area (Å²) in [4.78, 5) is 26.7. The van der Waals surface area contributed by atoms with Crippen molar-refractivity contribution >= 4 is 57.0 Å². The Kier molecular flexibility index (Phi) is 11.8. The first-order chi connectivity index (χ1) is 21.3. The lowest BCUT2D eigenvalue weighted by Crippen LogP contribution is -2.59. The van der Waals surface area contributed by atoms with Crippen LogP contribution < -0.4 is 25.4 Å². The molecule has 240 valence electrons. The summed E-state index contributed by atoms with van der Waals surface area (Å²) < 4.78 is 11.5. The fourth-order valence-corrected chi connectivity index (χ4v) is 6.52. The van der Waals surface area contributed by atoms with E-state index in [1.807, 2.05) is 24.3 Å². The lowest BCUT2D eigenvalue weighted by Gasteiger charge is -2.41. The van der Waals surface area contributed by atoms with Gasteiger partial charge in [-0.2, -0.15) is 0 Å². The van der Waals surface area contributed by atoms with Crippen LogP contribution in [0.5, 0.6) is 17.2 Å². The third kappa shape index (κ3) is 9.87. The van der Waals surface area contributed by atoms with Gasteiger partial charge in [0.15, 0.2) is 11.5 Å². The molecule has 4 rings (SSSR count). The van der Waals surface area contributed by atoms with Crippen molar-refractivity contribution in [2.24, 2.45) is 0 Å². The third-order valence-corrected chi connectivity index (χ3v) is 8.83. The average Bonchev–Trinajstić information content (AvgIpc) is 2.96. The molecule has 3 aromatic rings. The van der Waals surface area contributed by atoms with E-state index in [0.717, 1.165) is 18.4 Å². The molecule has 3 unspecified atom stereocenters. The largest absolute Gasteiger partial charge is 0.503 e. The number of rotatable bonds is 11. The second-order valence-electron chi connectivity index (χ2n) is 11.9. The second-order valence-corrected chi connectivity index (χ2v) is 13.5. The number of halogens is 3. The summed E-state index contributed by atoms with van der Waals surface area (Å²) in [5, 5.41) is 20.8. The predicted octanol–water partition coefficient (Wildman–Crippen LogP) is 6.83. The van der Waals surface area contributed by atoms with Gasteiger partial charge in [0.05, 0.1) is 11.6 Å². The molecule has 3 atom stereocenters. The van der Waals surface area contributed by atoms with Gasteiger partial charge >= 0.3 is 0 Å². The van der Waals surface area contributed by atoms with Crippen LogP contribution >= 0.6 is 39.1 Å². The van der Waals surface area contributed by atoms with Crippen LogP contribution in [0.3, 0.4) is 0 Å². The number of methoxy groups -OCH3 is 1. The smallest absolute Gasteiger partial charge is 0.244 e. The molecule has 4 N–H and O–H groups in total. The normalized spacial score (nSPS) is 18.3. The summed E-state index contributed by atoms with van der Waals surface area (Å²) in [6.07, 6.45) is 4.76. The number of benzene rings is 3. The van der Waals surface area contributed by atoms with Crippen molar-refractivity contribution in [3.05, 3.63) is 91.9 Å². The number of hydrogen-bond donors (Lipinski definition) is 4. The Hall–Kier alpha value is -3.24. The maximum atomic E-state index is 13.6. The van der Waals surface area contributed by atoms with Gasteiger partial charge in [0.25, 0.3) is 0 Å². The number of nitrogens with one attached hydrogen (secondary N) is 3. The minimum atomic E-state index is -0.828. The molecule has 2 amide bonds. The number of phenolic OH excluding ortho intramolecular Hbond substituents is 1. The van der Waals surface area contributed by atoms with Gasteiger partial charge in [-0.05, 0) is 103 Å². The summed E-state index contributed by atoms with van der Waals surface area (Å²) in [5.74, 6) is 0.158. The Morgan fingerprint density at radius 2 is 1.84 bits per heavy atom. The fraction of sp³-hybridized carbons (Fsp3) is 0.353. The zero-order chi connectivity index (χ0) is 32.7. The highest BCUT2D eigenvalue weighted by molar-refractivity contribution is 9.10. The van der Waals surface area contributed by atoms with E-state index in [1.54, 1.807) is 36.4 Å². The lowest BCUT2D eigenvalue weighted by atomic mass is 9.86. The monoisotopic (exact) mass is 717 g/mol. The molecular weight excluding hydrogens is 681 g/mol. The molecule has 0 saturated carbocycles. The van der Waals surface area contributed by atoms with Gasteiger partial charge in [-0.1, -0.05) is 41.4 Å². The van der Waals surface area contributed by atoms with Crippen molar-refractivity contribution in [3.8, 4) is 17.2 Å². The summed E-state index contributed by atoms with van der Waals surface area (Å²) in [6, 6.07) is 15.3. The Balaban J connectivity index is 1.47. The van der Waals surface area contributed by atoms with E-state index < -0.39 is 11.9 Å². The maximum absolute atomic E-state index is 13.6. The van der Waals surface area contributed by atoms with E-state index in [2.05, 4.69) is 52.7 Å². The molecule has 11 heteroatoms. The van der Waals surface area contributed by atoms with E-state index in [-0.39, 0.29) is 48.1 Å². The zero-order valence-electron chi connectivity index (χ0n) is 25.6. The molecule has 1 aliphatic heterocycles. The van der Waals surface area contributed by atoms with E-state index in [0.29, 0.717) is 31.4 Å². The molecule has 0 radical (unpaired) electrons. The van der Waals surface area contributed by atoms with E-state index in [1.165, 1.54) is 13.2 Å². The Morgan fingerprint density at radius 1 is 1.16 bits per heavy atom. The molecule has 1 saturated heterocycles. The van der Waals surface area contributed by atoms with Crippen LogP contribution in [0.4, 0.5) is 0 Å². The van der Waals surface area contributed by atoms with Gasteiger partial charge in [0.1, 0.15) is 18.4 Å². The van der Waals surface area contributed by atoms with Crippen LogP contribution in [0.1, 0.15) is 50.3 Å². The van der Waals surface area contributed by atoms with Crippen LogP contribution in [-0.4, -0.2) is 47.7 Å². The van der Waals surface area contributed by atoms with Gasteiger partial charge in [-0.3, -0.25) is 9.59 Å². The van der Waals surface area contributed by atoms with Crippen LogP contribution in [-0.2, 0) is 22.6 Å². The number of carbonyl (C=O) groups is 2. The first-order valence-electron chi connectivity index (χ1n) is 14.6. The molecule has 0 aliphatic carbocycles. The molecule has 1 fully saturated rings. The SMILES string of the molecule is COc1cc(/C=C/C(=O)NC(Cc2ccc(OCc3c(Cl)cccc3Cl)cc2)C(=O)NC2CC(C)NC(C)(C)C2)cc(Br)c1O. The topological polar surface area (TPSA) is 109 Å². The minimum Gasteiger partial charge on any atom is -0.503 e. The second kappa shape index (κ2) is 15.4. The summed E-state index contributed by atoms with van der Waals surface area (Å²) in [7, 11) is 1.45. The summed E-state index contributed by atoms with van der Waals surface area (Å²) in [6.45, 7) is 6.54. The molecule has 3 aromatic carbocycles. The standard InChI is InChI=1S/C34H38BrCl2N3O5/c1-20-14-23(18-34(2,3)40-20)38-33(43)29(39-31(41)13-10-22-15-26(35)32(42)30(17-22)44-4)16-21-8-11-24(12-9-21)45-19-25-27(36)6-5-7-28(25)37/h5-13,15,17,20,23,29,40,42H,14,16,18-19H2,1-4H3,(H,38,43)(H,39,41)/b13-10+. The van der Waals surface area contributed by atoms with Crippen LogP contribution in [0.15, 0.2) is 65.1 Å². The average molecular weight is 720 g/mol. The number of piperidine rings is 1. The molecule has 0 spiro atoms. The van der Waals surface area contributed by atoms with Crippen LogP contribution in [0.2, 0.25) is 10.0 Å². The molecule has 8 nitrogen and oxygen atoms in total. The molecule has 0 aromatic heterocycles. The van der Waals surface area contributed by atoms with Crippen molar-refractivity contribution < 1.29 is 24.2 Å². The lowest BCUT2D eigenvalue weighted by molar-refractivity contribution is -0.127. The molecule has 1 aliphatic rings. The highest BCUT2D eigenvalue weighted by Gasteiger charge is 2.33. The van der Waals surface area contributed by atoms with Crippen molar-refractivity contribution in [1.82, 2.24) is 16.0 Å². The number of aromatic hydroxyl groups is 1. The Bertz CT molecular complexity index is 1530. The zero-order valence-corrected chi connectivity index (χ0v) is 28.7. The first-order valence-corrected chi connectivity index (χ1v) is 16.2. The van der Waals surface area contributed by atoms with Gasteiger partial charge in [0.2, 0.25) is 11.8 Å². The van der Waals surface area contributed by atoms with Crippen molar-refractivity contribution in [3.63, 3.8) is 0 Å². The number of carbonyl (C=O) groups excluding carboxylic acids is 2. The fourth-order valence-electron chi connectivity index (χ4n) is 5.55. The van der Waals surface area contributed by atoms with Gasteiger partial charge < -0.3 is 30.5 Å². The molecule has 1 heterocycles. The molecule has 0 bridgehead atoms. The molecular formula is C34H38BrCl2N3O5. The number of amides is 2.